The third-order valence-corrected chi connectivity index (χ3v) is 5.15. The number of carbonyl (C=O) groups is 2. The summed E-state index contributed by atoms with van der Waals surface area (Å²) in [6.45, 7) is 4.66. The van der Waals surface area contributed by atoms with Gasteiger partial charge in [-0.2, -0.15) is 0 Å². The first-order valence-corrected chi connectivity index (χ1v) is 10.8. The lowest BCUT2D eigenvalue weighted by molar-refractivity contribution is -0.113. The van der Waals surface area contributed by atoms with Crippen molar-refractivity contribution in [2.75, 3.05) is 24.3 Å². The van der Waals surface area contributed by atoms with Crippen molar-refractivity contribution in [3.63, 3.8) is 0 Å². The van der Waals surface area contributed by atoms with Crippen molar-refractivity contribution in [1.29, 1.82) is 0 Å². The lowest BCUT2D eigenvalue weighted by Gasteiger charge is -2.13. The molecule has 0 atom stereocenters. The molecule has 3 aromatic rings. The standard InChI is InChI=1S/C22H22FN3O5S/c1-3-30-18-10-7-15(11-19(18)31-4-2)25-20(27)13-32-22-24-12-17(21(28)29)26(22)16-8-5-14(23)6-9-16/h5-12H,3-4,13H2,1-2H3,(H,25,27)(H,28,29). The molecule has 0 radical (unpaired) electrons. The quantitative estimate of drug-likeness (QED) is 0.437. The molecule has 0 bridgehead atoms. The van der Waals surface area contributed by atoms with E-state index in [-0.39, 0.29) is 17.4 Å². The molecule has 0 fully saturated rings. The summed E-state index contributed by atoms with van der Waals surface area (Å²) >= 11 is 1.06. The Morgan fingerprint density at radius 3 is 2.44 bits per heavy atom. The fourth-order valence-electron chi connectivity index (χ4n) is 2.88. The number of nitrogens with one attached hydrogen (secondary N) is 1. The van der Waals surface area contributed by atoms with Crippen LogP contribution in [0, 0.1) is 5.82 Å². The van der Waals surface area contributed by atoms with E-state index in [4.69, 9.17) is 9.47 Å². The number of imidazole rings is 1. The zero-order chi connectivity index (χ0) is 23.1. The minimum absolute atomic E-state index is 0.0194. The molecule has 3 rings (SSSR count). The average molecular weight is 459 g/mol. The molecule has 1 amide bonds. The molecule has 0 spiro atoms. The third-order valence-electron chi connectivity index (χ3n) is 4.19. The molecule has 8 nitrogen and oxygen atoms in total. The minimum atomic E-state index is -1.18. The molecule has 2 N–H and O–H groups in total. The van der Waals surface area contributed by atoms with Gasteiger partial charge < -0.3 is 19.9 Å². The number of carbonyl (C=O) groups excluding carboxylic acids is 1. The lowest BCUT2D eigenvalue weighted by atomic mass is 10.2. The van der Waals surface area contributed by atoms with Gasteiger partial charge in [0.15, 0.2) is 22.3 Å². The Morgan fingerprint density at radius 2 is 1.78 bits per heavy atom. The number of amides is 1. The van der Waals surface area contributed by atoms with Crippen LogP contribution in [-0.2, 0) is 4.79 Å². The predicted octanol–water partition coefficient (Wildman–Crippen LogP) is 4.24. The Labute approximate surface area is 188 Å². The van der Waals surface area contributed by atoms with E-state index in [9.17, 15) is 19.1 Å². The second-order valence-corrected chi connectivity index (χ2v) is 7.35. The molecule has 0 saturated heterocycles. The summed E-state index contributed by atoms with van der Waals surface area (Å²) in [5.41, 5.74) is 0.875. The molecule has 2 aromatic carbocycles. The summed E-state index contributed by atoms with van der Waals surface area (Å²) in [7, 11) is 0. The molecule has 168 valence electrons. The second kappa shape index (κ2) is 10.7. The highest BCUT2D eigenvalue weighted by molar-refractivity contribution is 7.99. The fourth-order valence-corrected chi connectivity index (χ4v) is 3.68. The summed E-state index contributed by atoms with van der Waals surface area (Å²) in [6, 6.07) is 10.5. The van der Waals surface area contributed by atoms with Crippen molar-refractivity contribution >= 4 is 29.3 Å². The van der Waals surface area contributed by atoms with Gasteiger partial charge in [0.1, 0.15) is 5.82 Å². The first-order chi connectivity index (χ1) is 15.4. The van der Waals surface area contributed by atoms with Crippen molar-refractivity contribution < 1.29 is 28.6 Å². The molecule has 1 heterocycles. The van der Waals surface area contributed by atoms with E-state index in [1.165, 1.54) is 35.0 Å². The fraction of sp³-hybridized carbons (Fsp3) is 0.227. The van der Waals surface area contributed by atoms with Crippen LogP contribution in [0.4, 0.5) is 10.1 Å². The van der Waals surface area contributed by atoms with E-state index in [2.05, 4.69) is 10.3 Å². The molecule has 0 aliphatic rings. The Balaban J connectivity index is 1.73. The third kappa shape index (κ3) is 5.58. The number of halogens is 1. The number of aromatic carboxylic acids is 1. The van der Waals surface area contributed by atoms with E-state index < -0.39 is 11.8 Å². The number of carboxylic acids is 1. The molecule has 0 unspecified atom stereocenters. The Hall–Kier alpha value is -3.53. The zero-order valence-corrected chi connectivity index (χ0v) is 18.3. The molecule has 32 heavy (non-hydrogen) atoms. The Bertz CT molecular complexity index is 1100. The van der Waals surface area contributed by atoms with Crippen molar-refractivity contribution in [1.82, 2.24) is 9.55 Å². The van der Waals surface area contributed by atoms with Gasteiger partial charge in [0.25, 0.3) is 0 Å². The van der Waals surface area contributed by atoms with Crippen LogP contribution < -0.4 is 14.8 Å². The van der Waals surface area contributed by atoms with Gasteiger partial charge in [-0.25, -0.2) is 14.2 Å². The van der Waals surface area contributed by atoms with Crippen molar-refractivity contribution in [3.8, 4) is 17.2 Å². The molecule has 10 heteroatoms. The van der Waals surface area contributed by atoms with E-state index in [1.54, 1.807) is 18.2 Å². The van der Waals surface area contributed by atoms with Crippen LogP contribution in [0.1, 0.15) is 24.3 Å². The zero-order valence-electron chi connectivity index (χ0n) is 17.5. The Morgan fingerprint density at radius 1 is 1.09 bits per heavy atom. The van der Waals surface area contributed by atoms with E-state index in [0.29, 0.717) is 41.2 Å². The van der Waals surface area contributed by atoms with E-state index in [0.717, 1.165) is 11.8 Å². The number of rotatable bonds is 10. The SMILES string of the molecule is CCOc1ccc(NC(=O)CSc2ncc(C(=O)O)n2-c2ccc(F)cc2)cc1OCC. The van der Waals surface area contributed by atoms with Crippen LogP contribution in [0.2, 0.25) is 0 Å². The normalized spacial score (nSPS) is 10.6. The lowest BCUT2D eigenvalue weighted by Crippen LogP contribution is -2.15. The van der Waals surface area contributed by atoms with Crippen LogP contribution in [0.3, 0.4) is 0 Å². The van der Waals surface area contributed by atoms with Crippen LogP contribution in [0.25, 0.3) is 5.69 Å². The first kappa shape index (κ1) is 23.1. The summed E-state index contributed by atoms with van der Waals surface area (Å²) in [5.74, 6) is -0.847. The average Bonchev–Trinajstić information content (AvgIpc) is 3.19. The topological polar surface area (TPSA) is 103 Å². The maximum atomic E-state index is 13.3. The number of aromatic nitrogens is 2. The highest BCUT2D eigenvalue weighted by atomic mass is 32.2. The van der Waals surface area contributed by atoms with Gasteiger partial charge in [0, 0.05) is 17.4 Å². The molecule has 0 saturated carbocycles. The van der Waals surface area contributed by atoms with Gasteiger partial charge in [-0.15, -0.1) is 0 Å². The molecule has 0 aliphatic carbocycles. The number of hydrogen-bond donors (Lipinski definition) is 2. The summed E-state index contributed by atoms with van der Waals surface area (Å²) < 4.78 is 25.7. The monoisotopic (exact) mass is 459 g/mol. The van der Waals surface area contributed by atoms with Gasteiger partial charge in [-0.3, -0.25) is 9.36 Å². The summed E-state index contributed by atoms with van der Waals surface area (Å²) in [6.07, 6.45) is 1.20. The maximum Gasteiger partial charge on any atom is 0.354 e. The van der Waals surface area contributed by atoms with Gasteiger partial charge >= 0.3 is 5.97 Å². The number of nitrogens with zero attached hydrogens (tertiary/aromatic N) is 2. The molecule has 1 aromatic heterocycles. The van der Waals surface area contributed by atoms with Crippen molar-refractivity contribution in [3.05, 3.63) is 60.2 Å². The van der Waals surface area contributed by atoms with Crippen molar-refractivity contribution in [2.45, 2.75) is 19.0 Å². The number of ether oxygens (including phenoxy) is 2. The summed E-state index contributed by atoms with van der Waals surface area (Å²) in [4.78, 5) is 28.2. The highest BCUT2D eigenvalue weighted by Crippen LogP contribution is 2.31. The van der Waals surface area contributed by atoms with E-state index >= 15 is 0 Å². The number of carboxylic acid groups (broad SMARTS) is 1. The molecule has 0 aliphatic heterocycles. The first-order valence-electron chi connectivity index (χ1n) is 9.82. The largest absolute Gasteiger partial charge is 0.490 e. The van der Waals surface area contributed by atoms with Gasteiger partial charge in [0.2, 0.25) is 5.91 Å². The van der Waals surface area contributed by atoms with Crippen LogP contribution >= 0.6 is 11.8 Å². The van der Waals surface area contributed by atoms with Gasteiger partial charge in [-0.1, -0.05) is 11.8 Å². The minimum Gasteiger partial charge on any atom is -0.490 e. The smallest absolute Gasteiger partial charge is 0.354 e. The number of benzene rings is 2. The van der Waals surface area contributed by atoms with Crippen molar-refractivity contribution in [2.24, 2.45) is 0 Å². The molecular formula is C22H22FN3O5S. The van der Waals surface area contributed by atoms with Crippen LogP contribution in [0.5, 0.6) is 11.5 Å². The molecular weight excluding hydrogens is 437 g/mol. The van der Waals surface area contributed by atoms with Crippen LogP contribution in [0.15, 0.2) is 53.8 Å². The predicted molar refractivity (Wildman–Crippen MR) is 119 cm³/mol. The number of anilines is 1. The van der Waals surface area contributed by atoms with Gasteiger partial charge in [-0.05, 0) is 50.2 Å². The highest BCUT2D eigenvalue weighted by Gasteiger charge is 2.19. The van der Waals surface area contributed by atoms with Gasteiger partial charge in [0.05, 0.1) is 25.2 Å². The summed E-state index contributed by atoms with van der Waals surface area (Å²) in [5, 5.41) is 12.5. The van der Waals surface area contributed by atoms with E-state index in [1.807, 2.05) is 13.8 Å². The number of hydrogen-bond acceptors (Lipinski definition) is 6. The maximum absolute atomic E-state index is 13.3. The number of thioether (sulfide) groups is 1. The Kier molecular flexibility index (Phi) is 7.72. The van der Waals surface area contributed by atoms with Crippen LogP contribution in [-0.4, -0.2) is 45.5 Å². The second-order valence-electron chi connectivity index (χ2n) is 6.41.